The van der Waals surface area contributed by atoms with Crippen molar-refractivity contribution >= 4 is 11.8 Å². The number of ether oxygens (including phenoxy) is 2. The minimum absolute atomic E-state index is 0.0373. The van der Waals surface area contributed by atoms with Gasteiger partial charge in [-0.15, -0.1) is 11.8 Å². The van der Waals surface area contributed by atoms with E-state index in [9.17, 15) is 5.11 Å². The van der Waals surface area contributed by atoms with E-state index in [4.69, 9.17) is 9.47 Å². The van der Waals surface area contributed by atoms with Crippen LogP contribution in [0, 0.1) is 23.7 Å². The fraction of sp³-hybridized carbons (Fsp3) is 0.786. The van der Waals surface area contributed by atoms with Crippen LogP contribution >= 0.6 is 11.8 Å². The average Bonchev–Trinajstić information content (AvgIpc) is 2.82. The van der Waals surface area contributed by atoms with Crippen molar-refractivity contribution in [2.45, 2.75) is 108 Å². The van der Waals surface area contributed by atoms with Gasteiger partial charge in [0, 0.05) is 10.6 Å². The van der Waals surface area contributed by atoms with E-state index in [2.05, 4.69) is 51.1 Å². The first kappa shape index (κ1) is 26.1. The van der Waals surface area contributed by atoms with Crippen LogP contribution in [0.4, 0.5) is 0 Å². The summed E-state index contributed by atoms with van der Waals surface area (Å²) >= 11 is 1.84. The van der Waals surface area contributed by atoms with Crippen molar-refractivity contribution in [1.82, 2.24) is 0 Å². The molecule has 2 aliphatic rings. The van der Waals surface area contributed by atoms with Crippen LogP contribution in [0.5, 0.6) is 0 Å². The second-order valence-corrected chi connectivity index (χ2v) is 11.4. The van der Waals surface area contributed by atoms with Crippen molar-refractivity contribution in [2.75, 3.05) is 12.4 Å². The first-order valence-electron chi connectivity index (χ1n) is 13.2. The maximum absolute atomic E-state index is 9.81. The van der Waals surface area contributed by atoms with Crippen LogP contribution < -0.4 is 0 Å². The monoisotopic (exact) mass is 462 g/mol. The molecule has 0 radical (unpaired) electrons. The van der Waals surface area contributed by atoms with E-state index < -0.39 is 0 Å². The molecule has 2 aliphatic carbocycles. The molecule has 0 heterocycles. The highest BCUT2D eigenvalue weighted by molar-refractivity contribution is 7.99. The van der Waals surface area contributed by atoms with Crippen LogP contribution in [0.1, 0.15) is 85.0 Å². The molecule has 0 aromatic heterocycles. The Morgan fingerprint density at radius 1 is 0.938 bits per heavy atom. The summed E-state index contributed by atoms with van der Waals surface area (Å²) in [5.74, 6) is 4.28. The second-order valence-electron chi connectivity index (χ2n) is 10.2. The van der Waals surface area contributed by atoms with Crippen LogP contribution in [0.2, 0.25) is 0 Å². The van der Waals surface area contributed by atoms with Crippen LogP contribution in [0.3, 0.4) is 0 Å². The molecule has 182 valence electrons. The summed E-state index contributed by atoms with van der Waals surface area (Å²) in [6.07, 6.45) is 12.3. The van der Waals surface area contributed by atoms with Gasteiger partial charge >= 0.3 is 0 Å². The first-order valence-corrected chi connectivity index (χ1v) is 14.2. The van der Waals surface area contributed by atoms with Crippen molar-refractivity contribution in [3.05, 3.63) is 30.3 Å². The summed E-state index contributed by atoms with van der Waals surface area (Å²) in [6, 6.07) is 10.5. The fourth-order valence-electron chi connectivity index (χ4n) is 5.93. The number of hydrogen-bond acceptors (Lipinski definition) is 4. The van der Waals surface area contributed by atoms with Gasteiger partial charge in [0.1, 0.15) is 0 Å². The van der Waals surface area contributed by atoms with Gasteiger partial charge in [0.2, 0.25) is 0 Å². The van der Waals surface area contributed by atoms with Gasteiger partial charge in [0.15, 0.2) is 6.29 Å². The minimum Gasteiger partial charge on any atom is -0.393 e. The smallest absolute Gasteiger partial charge is 0.155 e. The van der Waals surface area contributed by atoms with E-state index in [1.807, 2.05) is 11.8 Å². The maximum atomic E-state index is 9.81. The quantitative estimate of drug-likeness (QED) is 0.201. The van der Waals surface area contributed by atoms with E-state index >= 15 is 0 Å². The summed E-state index contributed by atoms with van der Waals surface area (Å²) < 4.78 is 12.2. The predicted octanol–water partition coefficient (Wildman–Crippen LogP) is 7.32. The molecular formula is C28H46O3S. The lowest BCUT2D eigenvalue weighted by molar-refractivity contribution is -0.166. The number of aliphatic hydroxyl groups excluding tert-OH is 1. The summed E-state index contributed by atoms with van der Waals surface area (Å²) in [4.78, 5) is 1.30. The Bertz CT molecular complexity index is 608. The summed E-state index contributed by atoms with van der Waals surface area (Å²) in [5.41, 5.74) is 0. The molecule has 2 fully saturated rings. The largest absolute Gasteiger partial charge is 0.393 e. The lowest BCUT2D eigenvalue weighted by atomic mass is 9.70. The maximum Gasteiger partial charge on any atom is 0.155 e. The minimum atomic E-state index is -0.114. The van der Waals surface area contributed by atoms with Crippen molar-refractivity contribution in [2.24, 2.45) is 23.7 Å². The number of aliphatic hydroxyl groups is 1. The molecule has 4 heteroatoms. The van der Waals surface area contributed by atoms with E-state index in [-0.39, 0.29) is 12.4 Å². The van der Waals surface area contributed by atoms with Crippen molar-refractivity contribution in [1.29, 1.82) is 0 Å². The van der Waals surface area contributed by atoms with Crippen molar-refractivity contribution in [3.8, 4) is 0 Å². The lowest BCUT2D eigenvalue weighted by Crippen LogP contribution is -2.31. The topological polar surface area (TPSA) is 38.7 Å². The van der Waals surface area contributed by atoms with E-state index in [0.29, 0.717) is 6.10 Å². The molecule has 2 saturated carbocycles. The third-order valence-electron chi connectivity index (χ3n) is 7.96. The van der Waals surface area contributed by atoms with E-state index in [1.54, 1.807) is 0 Å². The predicted molar refractivity (Wildman–Crippen MR) is 135 cm³/mol. The standard InChI is InChI=1S/C28H46O3S/c1-4-23(20-21(2)24-10-14-26(29)15-11-24)25-12-16-27(17-13-25)31-22(3)30-18-19-32-28-8-6-5-7-9-28/h5-9,21-27,29H,4,10-20H2,1-3H3. The fourth-order valence-corrected chi connectivity index (χ4v) is 6.69. The zero-order valence-electron chi connectivity index (χ0n) is 20.6. The third-order valence-corrected chi connectivity index (χ3v) is 8.94. The van der Waals surface area contributed by atoms with Gasteiger partial charge in [-0.05, 0) is 101 Å². The van der Waals surface area contributed by atoms with Crippen LogP contribution in [-0.2, 0) is 9.47 Å². The van der Waals surface area contributed by atoms with E-state index in [1.165, 1.54) is 56.3 Å². The van der Waals surface area contributed by atoms with Gasteiger partial charge in [-0.2, -0.15) is 0 Å². The van der Waals surface area contributed by atoms with Gasteiger partial charge in [-0.1, -0.05) is 38.5 Å². The van der Waals surface area contributed by atoms with Gasteiger partial charge in [-0.25, -0.2) is 0 Å². The summed E-state index contributed by atoms with van der Waals surface area (Å²) in [5, 5.41) is 9.81. The van der Waals surface area contributed by atoms with Crippen LogP contribution in [-0.4, -0.2) is 36.0 Å². The SMILES string of the molecule is CCC(CC(C)C1CCC(O)CC1)C1CCC(OC(C)OCCSc2ccccc2)CC1. The zero-order chi connectivity index (χ0) is 22.8. The van der Waals surface area contributed by atoms with Crippen LogP contribution in [0.25, 0.3) is 0 Å². The van der Waals surface area contributed by atoms with Crippen molar-refractivity contribution in [3.63, 3.8) is 0 Å². The molecule has 32 heavy (non-hydrogen) atoms. The van der Waals surface area contributed by atoms with Crippen LogP contribution in [0.15, 0.2) is 35.2 Å². The number of hydrogen-bond donors (Lipinski definition) is 1. The lowest BCUT2D eigenvalue weighted by Gasteiger charge is -2.37. The zero-order valence-corrected chi connectivity index (χ0v) is 21.4. The van der Waals surface area contributed by atoms with Gasteiger partial charge < -0.3 is 14.6 Å². The molecular weight excluding hydrogens is 416 g/mol. The molecule has 3 nitrogen and oxygen atoms in total. The first-order chi connectivity index (χ1) is 15.5. The Kier molecular flexibility index (Phi) is 11.4. The summed E-state index contributed by atoms with van der Waals surface area (Å²) in [6.45, 7) is 7.63. The molecule has 0 amide bonds. The number of rotatable bonds is 12. The van der Waals surface area contributed by atoms with Crippen molar-refractivity contribution < 1.29 is 14.6 Å². The highest BCUT2D eigenvalue weighted by atomic mass is 32.2. The second kappa shape index (κ2) is 14.0. The molecule has 1 aromatic rings. The third kappa shape index (κ3) is 8.66. The Morgan fingerprint density at radius 3 is 2.25 bits per heavy atom. The number of benzene rings is 1. The van der Waals surface area contributed by atoms with Gasteiger partial charge in [0.05, 0.1) is 18.8 Å². The van der Waals surface area contributed by atoms with Gasteiger partial charge in [0.25, 0.3) is 0 Å². The molecule has 3 atom stereocenters. The Morgan fingerprint density at radius 2 is 1.59 bits per heavy atom. The molecule has 3 unspecified atom stereocenters. The number of thioether (sulfide) groups is 1. The highest BCUT2D eigenvalue weighted by Gasteiger charge is 2.31. The molecule has 0 bridgehead atoms. The highest BCUT2D eigenvalue weighted by Crippen LogP contribution is 2.40. The molecule has 0 spiro atoms. The Balaban J connectivity index is 1.30. The normalized spacial score (nSPS) is 29.4. The van der Waals surface area contributed by atoms with E-state index in [0.717, 1.165) is 48.9 Å². The average molecular weight is 463 g/mol. The van der Waals surface area contributed by atoms with Gasteiger partial charge in [-0.3, -0.25) is 0 Å². The molecule has 1 aromatic carbocycles. The summed E-state index contributed by atoms with van der Waals surface area (Å²) in [7, 11) is 0. The Labute approximate surface area is 201 Å². The molecule has 0 saturated heterocycles. The molecule has 1 N–H and O–H groups in total. The molecule has 0 aliphatic heterocycles. The molecule has 3 rings (SSSR count). The Hall–Kier alpha value is -0.550.